The number of ether oxygens (including phenoxy) is 1. The summed E-state index contributed by atoms with van der Waals surface area (Å²) in [4.78, 5) is 21.9. The van der Waals surface area contributed by atoms with Crippen molar-refractivity contribution in [3.8, 4) is 5.75 Å². The number of nitrogens with zero attached hydrogens (tertiary/aromatic N) is 1. The first-order valence-corrected chi connectivity index (χ1v) is 5.45. The van der Waals surface area contributed by atoms with Gasteiger partial charge in [0.25, 0.3) is 0 Å². The minimum absolute atomic E-state index is 0.120. The third-order valence-electron chi connectivity index (χ3n) is 2.30. The van der Waals surface area contributed by atoms with Crippen LogP contribution in [-0.4, -0.2) is 23.2 Å². The lowest BCUT2D eigenvalue weighted by Gasteiger charge is -2.07. The van der Waals surface area contributed by atoms with Crippen molar-refractivity contribution >= 4 is 23.1 Å². The zero-order chi connectivity index (χ0) is 13.0. The lowest BCUT2D eigenvalue weighted by atomic mass is 10.1. The van der Waals surface area contributed by atoms with Crippen molar-refractivity contribution < 1.29 is 14.5 Å². The lowest BCUT2D eigenvalue weighted by molar-refractivity contribution is -0.385. The number of halogens is 1. The standard InChI is InChI=1S/C11H12ClNO4/c1-3-8(12)11(14)7-4-5-10(17-2)9(6-7)13(15)16/h4-6,8H,3H2,1-2H3. The molecule has 1 unspecified atom stereocenters. The minimum atomic E-state index is -0.664. The zero-order valence-electron chi connectivity index (χ0n) is 9.47. The van der Waals surface area contributed by atoms with Gasteiger partial charge in [0, 0.05) is 11.6 Å². The van der Waals surface area contributed by atoms with E-state index in [1.54, 1.807) is 6.92 Å². The summed E-state index contributed by atoms with van der Waals surface area (Å²) in [5.41, 5.74) is -0.0160. The highest BCUT2D eigenvalue weighted by Crippen LogP contribution is 2.28. The number of methoxy groups -OCH3 is 1. The van der Waals surface area contributed by atoms with E-state index in [-0.39, 0.29) is 22.8 Å². The summed E-state index contributed by atoms with van der Waals surface area (Å²) < 4.78 is 4.84. The van der Waals surface area contributed by atoms with Crippen molar-refractivity contribution in [3.05, 3.63) is 33.9 Å². The van der Waals surface area contributed by atoms with Crippen LogP contribution in [0.2, 0.25) is 0 Å². The molecule has 0 amide bonds. The number of alkyl halides is 1. The Labute approximate surface area is 103 Å². The van der Waals surface area contributed by atoms with E-state index in [0.717, 1.165) is 0 Å². The first-order valence-electron chi connectivity index (χ1n) is 5.02. The predicted octanol–water partition coefficient (Wildman–Crippen LogP) is 2.80. The SMILES string of the molecule is CCC(Cl)C(=O)c1ccc(OC)c([N+](=O)[O-])c1. The number of carbonyl (C=O) groups is 1. The molecule has 1 rings (SSSR count). The third kappa shape index (κ3) is 2.94. The molecule has 17 heavy (non-hydrogen) atoms. The van der Waals surface area contributed by atoms with Gasteiger partial charge in [0.15, 0.2) is 11.5 Å². The maximum atomic E-state index is 11.8. The third-order valence-corrected chi connectivity index (χ3v) is 2.81. The van der Waals surface area contributed by atoms with Crippen molar-refractivity contribution in [1.29, 1.82) is 0 Å². The first kappa shape index (κ1) is 13.4. The zero-order valence-corrected chi connectivity index (χ0v) is 10.2. The summed E-state index contributed by atoms with van der Waals surface area (Å²) in [6.45, 7) is 1.77. The Kier molecular flexibility index (Phi) is 4.45. The highest BCUT2D eigenvalue weighted by molar-refractivity contribution is 6.33. The van der Waals surface area contributed by atoms with Gasteiger partial charge >= 0.3 is 5.69 Å². The number of benzene rings is 1. The van der Waals surface area contributed by atoms with Crippen LogP contribution in [0.25, 0.3) is 0 Å². The van der Waals surface area contributed by atoms with Gasteiger partial charge in [0.2, 0.25) is 0 Å². The maximum absolute atomic E-state index is 11.8. The van der Waals surface area contributed by atoms with Gasteiger partial charge in [-0.1, -0.05) is 6.92 Å². The van der Waals surface area contributed by atoms with Crippen LogP contribution in [-0.2, 0) is 0 Å². The van der Waals surface area contributed by atoms with Crippen LogP contribution in [0.1, 0.15) is 23.7 Å². The van der Waals surface area contributed by atoms with Crippen molar-refractivity contribution in [2.24, 2.45) is 0 Å². The molecule has 5 nitrogen and oxygen atoms in total. The molecule has 0 aromatic heterocycles. The number of hydrogen-bond donors (Lipinski definition) is 0. The van der Waals surface area contributed by atoms with Crippen molar-refractivity contribution in [2.75, 3.05) is 7.11 Å². The summed E-state index contributed by atoms with van der Waals surface area (Å²) in [6.07, 6.45) is 0.472. The van der Waals surface area contributed by atoms with Gasteiger partial charge in [0.1, 0.15) is 0 Å². The average molecular weight is 258 g/mol. The molecule has 6 heteroatoms. The highest BCUT2D eigenvalue weighted by atomic mass is 35.5. The predicted molar refractivity (Wildman–Crippen MR) is 63.9 cm³/mol. The first-order chi connectivity index (χ1) is 8.01. The Morgan fingerprint density at radius 2 is 2.24 bits per heavy atom. The largest absolute Gasteiger partial charge is 0.490 e. The van der Waals surface area contributed by atoms with Crippen LogP contribution in [0.3, 0.4) is 0 Å². The number of ketones is 1. The van der Waals surface area contributed by atoms with Gasteiger partial charge in [-0.2, -0.15) is 0 Å². The second-order valence-corrected chi connectivity index (χ2v) is 3.91. The Morgan fingerprint density at radius 3 is 2.71 bits per heavy atom. The highest BCUT2D eigenvalue weighted by Gasteiger charge is 2.21. The molecule has 92 valence electrons. The molecular weight excluding hydrogens is 246 g/mol. The van der Waals surface area contributed by atoms with Gasteiger partial charge in [-0.3, -0.25) is 14.9 Å². The van der Waals surface area contributed by atoms with E-state index < -0.39 is 10.3 Å². The van der Waals surface area contributed by atoms with Gasteiger partial charge in [-0.15, -0.1) is 11.6 Å². The maximum Gasteiger partial charge on any atom is 0.311 e. The second kappa shape index (κ2) is 5.63. The van der Waals surface area contributed by atoms with Crippen LogP contribution in [0, 0.1) is 10.1 Å². The van der Waals surface area contributed by atoms with E-state index in [4.69, 9.17) is 16.3 Å². The summed E-state index contributed by atoms with van der Waals surface area (Å²) in [5, 5.41) is 10.1. The van der Waals surface area contributed by atoms with E-state index in [2.05, 4.69) is 0 Å². The smallest absolute Gasteiger partial charge is 0.311 e. The van der Waals surface area contributed by atoms with Crippen LogP contribution < -0.4 is 4.74 Å². The van der Waals surface area contributed by atoms with Crippen LogP contribution in [0.5, 0.6) is 5.75 Å². The molecule has 0 bridgehead atoms. The molecular formula is C11H12ClNO4. The van der Waals surface area contributed by atoms with Gasteiger partial charge < -0.3 is 4.74 Å². The molecule has 0 heterocycles. The Bertz CT molecular complexity index is 447. The van der Waals surface area contributed by atoms with Gasteiger partial charge in [0.05, 0.1) is 17.4 Å². The second-order valence-electron chi connectivity index (χ2n) is 3.38. The molecule has 0 aliphatic rings. The summed E-state index contributed by atoms with van der Waals surface area (Å²) >= 11 is 5.81. The van der Waals surface area contributed by atoms with Crippen molar-refractivity contribution in [2.45, 2.75) is 18.7 Å². The van der Waals surface area contributed by atoms with E-state index in [0.29, 0.717) is 6.42 Å². The monoisotopic (exact) mass is 257 g/mol. The molecule has 0 radical (unpaired) electrons. The quantitative estimate of drug-likeness (QED) is 0.352. The number of hydrogen-bond acceptors (Lipinski definition) is 4. The number of nitro benzene ring substituents is 1. The van der Waals surface area contributed by atoms with E-state index in [1.165, 1.54) is 25.3 Å². The average Bonchev–Trinajstić information content (AvgIpc) is 2.35. The fraction of sp³-hybridized carbons (Fsp3) is 0.364. The fourth-order valence-corrected chi connectivity index (χ4v) is 1.48. The number of nitro groups is 1. The number of carbonyl (C=O) groups excluding carboxylic acids is 1. The summed E-state index contributed by atoms with van der Waals surface area (Å²) in [7, 11) is 1.33. The normalized spacial score (nSPS) is 11.9. The lowest BCUT2D eigenvalue weighted by Crippen LogP contribution is -2.13. The topological polar surface area (TPSA) is 69.4 Å². The van der Waals surface area contributed by atoms with Crippen LogP contribution in [0.15, 0.2) is 18.2 Å². The number of rotatable bonds is 5. The molecule has 1 aromatic carbocycles. The molecule has 0 saturated heterocycles. The summed E-state index contributed by atoms with van der Waals surface area (Å²) in [6, 6.07) is 4.05. The van der Waals surface area contributed by atoms with Crippen LogP contribution >= 0.6 is 11.6 Å². The molecule has 1 aromatic rings. The van der Waals surface area contributed by atoms with E-state index >= 15 is 0 Å². The Hall–Kier alpha value is -1.62. The Morgan fingerprint density at radius 1 is 1.59 bits per heavy atom. The Balaban J connectivity index is 3.16. The van der Waals surface area contributed by atoms with Gasteiger partial charge in [-0.25, -0.2) is 0 Å². The van der Waals surface area contributed by atoms with Crippen molar-refractivity contribution in [3.63, 3.8) is 0 Å². The molecule has 0 fully saturated rings. The van der Waals surface area contributed by atoms with E-state index in [9.17, 15) is 14.9 Å². The van der Waals surface area contributed by atoms with Crippen molar-refractivity contribution in [1.82, 2.24) is 0 Å². The molecule has 1 atom stereocenters. The molecule has 0 saturated carbocycles. The summed E-state index contributed by atoms with van der Waals surface area (Å²) in [5.74, 6) is -0.200. The minimum Gasteiger partial charge on any atom is -0.490 e. The molecule has 0 aliphatic carbocycles. The molecule has 0 N–H and O–H groups in total. The number of Topliss-reactive ketones (excluding diaryl/α,β-unsaturated/α-hetero) is 1. The molecule has 0 aliphatic heterocycles. The van der Waals surface area contributed by atoms with E-state index in [1.807, 2.05) is 0 Å². The van der Waals surface area contributed by atoms with Gasteiger partial charge in [-0.05, 0) is 18.6 Å². The fourth-order valence-electron chi connectivity index (χ4n) is 1.35. The molecule has 0 spiro atoms. The van der Waals surface area contributed by atoms with Crippen LogP contribution in [0.4, 0.5) is 5.69 Å².